The number of aliphatic hydroxyl groups excluding tert-OH is 1. The van der Waals surface area contributed by atoms with Crippen molar-refractivity contribution >= 4 is 21.8 Å². The maximum atomic E-state index is 13.5. The van der Waals surface area contributed by atoms with Crippen molar-refractivity contribution in [3.05, 3.63) is 34.1 Å². The highest BCUT2D eigenvalue weighted by Gasteiger charge is 2.14. The molecule has 0 heterocycles. The van der Waals surface area contributed by atoms with Gasteiger partial charge in [-0.3, -0.25) is 4.79 Å². The van der Waals surface area contributed by atoms with E-state index in [-0.39, 0.29) is 12.2 Å². The Morgan fingerprint density at radius 1 is 1.28 bits per heavy atom. The second kappa shape index (κ2) is 8.21. The van der Waals surface area contributed by atoms with Crippen LogP contribution >= 0.6 is 15.9 Å². The van der Waals surface area contributed by atoms with Crippen molar-refractivity contribution in [2.75, 3.05) is 13.2 Å². The molecule has 0 saturated carbocycles. The smallest absolute Gasteiger partial charge is 0.255 e. The fourth-order valence-corrected chi connectivity index (χ4v) is 2.12. The van der Waals surface area contributed by atoms with Gasteiger partial charge in [-0.05, 0) is 40.9 Å². The summed E-state index contributed by atoms with van der Waals surface area (Å²) in [5.41, 5.74) is 0.0489. The van der Waals surface area contributed by atoms with Gasteiger partial charge in [-0.2, -0.15) is 0 Å². The number of aliphatic hydroxyl groups is 1. The molecule has 0 saturated heterocycles. The third kappa shape index (κ3) is 4.74. The van der Waals surface area contributed by atoms with Crippen molar-refractivity contribution in [1.82, 2.24) is 5.32 Å². The highest BCUT2D eigenvalue weighted by atomic mass is 79.9. The quantitative estimate of drug-likeness (QED) is 0.760. The van der Waals surface area contributed by atoms with E-state index in [0.29, 0.717) is 11.0 Å². The van der Waals surface area contributed by atoms with Crippen LogP contribution in [0.15, 0.2) is 22.7 Å². The fourth-order valence-electron chi connectivity index (χ4n) is 1.60. The molecule has 0 fully saturated rings. The molecule has 0 radical (unpaired) electrons. The molecule has 0 aromatic heterocycles. The molecule has 0 spiro atoms. The first-order valence-corrected chi connectivity index (χ1v) is 6.79. The molecule has 1 aromatic rings. The first-order valence-electron chi connectivity index (χ1n) is 6.00. The molecule has 18 heavy (non-hydrogen) atoms. The Labute approximate surface area is 115 Å². The lowest BCUT2D eigenvalue weighted by atomic mass is 10.2. The Morgan fingerprint density at radius 3 is 2.67 bits per heavy atom. The summed E-state index contributed by atoms with van der Waals surface area (Å²) in [6.45, 7) is 0.722. The molecule has 100 valence electrons. The SMILES string of the molecule is O=C(NCCCCCCO)c1c(F)cccc1Br. The first-order chi connectivity index (χ1) is 8.66. The van der Waals surface area contributed by atoms with Gasteiger partial charge in [0.05, 0.1) is 5.56 Å². The summed E-state index contributed by atoms with van der Waals surface area (Å²) in [7, 11) is 0. The van der Waals surface area contributed by atoms with Gasteiger partial charge in [-0.15, -0.1) is 0 Å². The summed E-state index contributed by atoms with van der Waals surface area (Å²) in [5.74, 6) is -0.927. The molecular weight excluding hydrogens is 301 g/mol. The van der Waals surface area contributed by atoms with E-state index in [1.54, 1.807) is 12.1 Å². The number of carbonyl (C=O) groups excluding carboxylic acids is 1. The third-order valence-electron chi connectivity index (χ3n) is 2.56. The zero-order chi connectivity index (χ0) is 13.4. The monoisotopic (exact) mass is 317 g/mol. The van der Waals surface area contributed by atoms with E-state index in [2.05, 4.69) is 21.2 Å². The third-order valence-corrected chi connectivity index (χ3v) is 3.22. The predicted octanol–water partition coefficient (Wildman–Crippen LogP) is 2.87. The number of hydrogen-bond donors (Lipinski definition) is 2. The summed E-state index contributed by atoms with van der Waals surface area (Å²) < 4.78 is 13.9. The van der Waals surface area contributed by atoms with E-state index < -0.39 is 11.7 Å². The van der Waals surface area contributed by atoms with Gasteiger partial charge in [0.1, 0.15) is 5.82 Å². The first kappa shape index (κ1) is 15.1. The number of halogens is 2. The van der Waals surface area contributed by atoms with E-state index in [1.807, 2.05) is 0 Å². The number of carbonyl (C=O) groups is 1. The average Bonchev–Trinajstić information content (AvgIpc) is 2.33. The number of amides is 1. The number of unbranched alkanes of at least 4 members (excludes halogenated alkanes) is 3. The lowest BCUT2D eigenvalue weighted by Crippen LogP contribution is -2.25. The summed E-state index contributed by atoms with van der Waals surface area (Å²) in [6.07, 6.45) is 3.50. The Hall–Kier alpha value is -0.940. The Balaban J connectivity index is 2.37. The zero-order valence-corrected chi connectivity index (χ0v) is 11.7. The molecule has 0 atom stereocenters. The van der Waals surface area contributed by atoms with Crippen LogP contribution in [-0.2, 0) is 0 Å². The predicted molar refractivity (Wildman–Crippen MR) is 72.0 cm³/mol. The molecule has 0 bridgehead atoms. The van der Waals surface area contributed by atoms with E-state index in [4.69, 9.17) is 5.11 Å². The number of nitrogens with one attached hydrogen (secondary N) is 1. The van der Waals surface area contributed by atoms with Crippen LogP contribution in [0.25, 0.3) is 0 Å². The van der Waals surface area contributed by atoms with E-state index >= 15 is 0 Å². The zero-order valence-electron chi connectivity index (χ0n) is 10.1. The number of hydrogen-bond acceptors (Lipinski definition) is 2. The fraction of sp³-hybridized carbons (Fsp3) is 0.462. The Morgan fingerprint density at radius 2 is 2.00 bits per heavy atom. The Bertz CT molecular complexity index is 378. The van der Waals surface area contributed by atoms with Gasteiger partial charge >= 0.3 is 0 Å². The largest absolute Gasteiger partial charge is 0.396 e. The second-order valence-electron chi connectivity index (χ2n) is 3.99. The second-order valence-corrected chi connectivity index (χ2v) is 4.84. The van der Waals surface area contributed by atoms with Crippen molar-refractivity contribution in [1.29, 1.82) is 0 Å². The van der Waals surface area contributed by atoms with Crippen molar-refractivity contribution < 1.29 is 14.3 Å². The standard InChI is InChI=1S/C13H17BrFNO2/c14-10-6-5-7-11(15)12(10)13(18)16-8-3-1-2-4-9-17/h5-7,17H,1-4,8-9H2,(H,16,18). The molecule has 0 aliphatic heterocycles. The molecule has 3 nitrogen and oxygen atoms in total. The molecular formula is C13H17BrFNO2. The van der Waals surface area contributed by atoms with Crippen molar-refractivity contribution in [2.45, 2.75) is 25.7 Å². The van der Waals surface area contributed by atoms with Gasteiger partial charge in [0.15, 0.2) is 0 Å². The van der Waals surface area contributed by atoms with Gasteiger partial charge in [-0.25, -0.2) is 4.39 Å². The van der Waals surface area contributed by atoms with Crippen LogP contribution in [0.1, 0.15) is 36.0 Å². The van der Waals surface area contributed by atoms with Gasteiger partial charge in [0.2, 0.25) is 0 Å². The van der Waals surface area contributed by atoms with Crippen LogP contribution in [0, 0.1) is 5.82 Å². The summed E-state index contributed by atoms with van der Waals surface area (Å²) in [6, 6.07) is 4.45. The average molecular weight is 318 g/mol. The molecule has 1 amide bonds. The number of rotatable bonds is 7. The molecule has 1 aromatic carbocycles. The van der Waals surface area contributed by atoms with Crippen LogP contribution in [0.4, 0.5) is 4.39 Å². The maximum absolute atomic E-state index is 13.5. The van der Waals surface area contributed by atoms with E-state index in [0.717, 1.165) is 25.7 Å². The summed E-state index contributed by atoms with van der Waals surface area (Å²) in [4.78, 5) is 11.8. The van der Waals surface area contributed by atoms with Gasteiger partial charge in [0.25, 0.3) is 5.91 Å². The van der Waals surface area contributed by atoms with Gasteiger partial charge < -0.3 is 10.4 Å². The highest BCUT2D eigenvalue weighted by Crippen LogP contribution is 2.19. The minimum absolute atomic E-state index is 0.0489. The maximum Gasteiger partial charge on any atom is 0.255 e. The minimum Gasteiger partial charge on any atom is -0.396 e. The lowest BCUT2D eigenvalue weighted by Gasteiger charge is -2.07. The molecule has 5 heteroatoms. The van der Waals surface area contributed by atoms with Crippen LogP contribution in [0.2, 0.25) is 0 Å². The molecule has 0 aliphatic rings. The summed E-state index contributed by atoms with van der Waals surface area (Å²) in [5, 5.41) is 11.3. The van der Waals surface area contributed by atoms with Gasteiger partial charge in [-0.1, -0.05) is 18.9 Å². The van der Waals surface area contributed by atoms with Crippen molar-refractivity contribution in [3.8, 4) is 0 Å². The topological polar surface area (TPSA) is 49.3 Å². The Kier molecular flexibility index (Phi) is 6.90. The van der Waals surface area contributed by atoms with Crippen LogP contribution in [-0.4, -0.2) is 24.2 Å². The van der Waals surface area contributed by atoms with E-state index in [9.17, 15) is 9.18 Å². The number of benzene rings is 1. The van der Waals surface area contributed by atoms with Crippen LogP contribution < -0.4 is 5.32 Å². The van der Waals surface area contributed by atoms with Crippen molar-refractivity contribution in [2.24, 2.45) is 0 Å². The summed E-state index contributed by atoms with van der Waals surface area (Å²) >= 11 is 3.16. The normalized spacial score (nSPS) is 10.4. The molecule has 2 N–H and O–H groups in total. The minimum atomic E-state index is -0.526. The lowest BCUT2D eigenvalue weighted by molar-refractivity contribution is 0.0948. The van der Waals surface area contributed by atoms with Crippen molar-refractivity contribution in [3.63, 3.8) is 0 Å². The van der Waals surface area contributed by atoms with E-state index in [1.165, 1.54) is 6.07 Å². The van der Waals surface area contributed by atoms with Crippen LogP contribution in [0.5, 0.6) is 0 Å². The molecule has 0 aliphatic carbocycles. The molecule has 0 unspecified atom stereocenters. The highest BCUT2D eigenvalue weighted by molar-refractivity contribution is 9.10. The molecule has 1 rings (SSSR count). The van der Waals surface area contributed by atoms with Crippen LogP contribution in [0.3, 0.4) is 0 Å². The van der Waals surface area contributed by atoms with Gasteiger partial charge in [0, 0.05) is 17.6 Å².